The monoisotopic (exact) mass is 410 g/mol. The summed E-state index contributed by atoms with van der Waals surface area (Å²) in [5.41, 5.74) is 1.09. The number of hydrogen-bond acceptors (Lipinski definition) is 7. The zero-order valence-corrected chi connectivity index (χ0v) is 16.7. The molecule has 0 saturated carbocycles. The Morgan fingerprint density at radius 2 is 1.93 bits per heavy atom. The minimum atomic E-state index is -3.73. The van der Waals surface area contributed by atoms with Gasteiger partial charge in [-0.05, 0) is 24.1 Å². The van der Waals surface area contributed by atoms with Crippen molar-refractivity contribution in [3.05, 3.63) is 34.8 Å². The third-order valence-electron chi connectivity index (χ3n) is 4.13. The van der Waals surface area contributed by atoms with Crippen molar-refractivity contribution in [2.24, 2.45) is 0 Å². The predicted molar refractivity (Wildman–Crippen MR) is 102 cm³/mol. The number of rotatable bonds is 7. The average molecular weight is 411 g/mol. The van der Waals surface area contributed by atoms with Crippen LogP contribution in [0, 0.1) is 0 Å². The van der Waals surface area contributed by atoms with Crippen molar-refractivity contribution in [1.82, 2.24) is 15.1 Å². The van der Waals surface area contributed by atoms with E-state index in [2.05, 4.69) is 21.8 Å². The molecule has 0 bridgehead atoms. The van der Waals surface area contributed by atoms with E-state index < -0.39 is 10.0 Å². The fraction of sp³-hybridized carbons (Fsp3) is 0.471. The van der Waals surface area contributed by atoms with Crippen LogP contribution in [0.1, 0.15) is 23.9 Å². The number of carbonyl (C=O) groups is 1. The quantitative estimate of drug-likeness (QED) is 0.745. The first-order valence-corrected chi connectivity index (χ1v) is 11.1. The summed E-state index contributed by atoms with van der Waals surface area (Å²) < 4.78 is 32.6. The summed E-state index contributed by atoms with van der Waals surface area (Å²) in [6, 6.07) is 6.78. The Balaban J connectivity index is 1.62. The Kier molecular flexibility index (Phi) is 6.40. The number of sulfonamides is 1. The van der Waals surface area contributed by atoms with E-state index in [1.807, 2.05) is 12.1 Å². The molecule has 1 N–H and O–H groups in total. The Labute approximate surface area is 162 Å². The molecule has 2 heterocycles. The fourth-order valence-corrected chi connectivity index (χ4v) is 4.68. The van der Waals surface area contributed by atoms with E-state index in [9.17, 15) is 13.2 Å². The zero-order chi connectivity index (χ0) is 19.3. The van der Waals surface area contributed by atoms with Gasteiger partial charge in [-0.25, -0.2) is 8.42 Å². The normalized spacial score (nSPS) is 14.9. The van der Waals surface area contributed by atoms with Gasteiger partial charge in [0.2, 0.25) is 11.0 Å². The highest BCUT2D eigenvalue weighted by molar-refractivity contribution is 7.93. The molecule has 0 atom stereocenters. The topological polar surface area (TPSA) is 101 Å². The van der Waals surface area contributed by atoms with E-state index in [0.717, 1.165) is 29.7 Å². The number of morpholine rings is 1. The van der Waals surface area contributed by atoms with Gasteiger partial charge >= 0.3 is 0 Å². The van der Waals surface area contributed by atoms with Gasteiger partial charge in [0.1, 0.15) is 5.01 Å². The second-order valence-corrected chi connectivity index (χ2v) is 8.91. The molecule has 146 valence electrons. The second kappa shape index (κ2) is 8.77. The maximum absolute atomic E-state index is 12.5. The lowest BCUT2D eigenvalue weighted by molar-refractivity contribution is -0.134. The van der Waals surface area contributed by atoms with E-state index in [1.54, 1.807) is 17.0 Å². The third kappa shape index (κ3) is 5.24. The van der Waals surface area contributed by atoms with Crippen LogP contribution in [0.5, 0.6) is 0 Å². The van der Waals surface area contributed by atoms with Gasteiger partial charge in [-0.2, -0.15) is 0 Å². The van der Waals surface area contributed by atoms with Crippen LogP contribution >= 0.6 is 11.3 Å². The molecule has 3 rings (SSSR count). The lowest BCUT2D eigenvalue weighted by Gasteiger charge is -2.26. The number of aryl methyl sites for hydroxylation is 1. The molecule has 1 aromatic heterocycles. The van der Waals surface area contributed by atoms with Gasteiger partial charge in [-0.1, -0.05) is 36.8 Å². The molecule has 1 aromatic carbocycles. The number of carbonyl (C=O) groups excluding carboxylic acids is 1. The zero-order valence-electron chi connectivity index (χ0n) is 15.1. The van der Waals surface area contributed by atoms with Crippen LogP contribution < -0.4 is 4.72 Å². The van der Waals surface area contributed by atoms with Gasteiger partial charge in [0, 0.05) is 13.1 Å². The summed E-state index contributed by atoms with van der Waals surface area (Å²) in [6.07, 6.45) is 2.01. The van der Waals surface area contributed by atoms with Gasteiger partial charge in [-0.3, -0.25) is 9.52 Å². The van der Waals surface area contributed by atoms with Crippen molar-refractivity contribution in [3.8, 4) is 0 Å². The summed E-state index contributed by atoms with van der Waals surface area (Å²) in [4.78, 5) is 14.1. The molecule has 0 aliphatic carbocycles. The first-order chi connectivity index (χ1) is 13.0. The van der Waals surface area contributed by atoms with E-state index in [-0.39, 0.29) is 22.4 Å². The van der Waals surface area contributed by atoms with Crippen molar-refractivity contribution in [3.63, 3.8) is 0 Å². The van der Waals surface area contributed by atoms with Crippen molar-refractivity contribution in [2.45, 2.75) is 31.1 Å². The smallest absolute Gasteiger partial charge is 0.263 e. The summed E-state index contributed by atoms with van der Waals surface area (Å²) in [5, 5.41) is 8.41. The van der Waals surface area contributed by atoms with Crippen LogP contribution in [0.25, 0.3) is 0 Å². The van der Waals surface area contributed by atoms with Crippen LogP contribution in [-0.2, 0) is 32.4 Å². The Bertz CT molecular complexity index is 875. The number of amides is 1. The summed E-state index contributed by atoms with van der Waals surface area (Å²) in [5.74, 6) is -0.0598. The highest BCUT2D eigenvalue weighted by atomic mass is 32.2. The van der Waals surface area contributed by atoms with Crippen molar-refractivity contribution < 1.29 is 17.9 Å². The highest BCUT2D eigenvalue weighted by Gasteiger charge is 2.21. The van der Waals surface area contributed by atoms with Gasteiger partial charge in [0.15, 0.2) is 0 Å². The standard InChI is InChI=1S/C17H22N4O4S2/c1-2-3-13-4-6-14(7-5-13)27(23,24)20-17-19-18-15(26-17)12-16(22)21-8-10-25-11-9-21/h4-7H,2-3,8-12H2,1H3,(H,19,20). The number of aromatic nitrogens is 2. The van der Waals surface area contributed by atoms with Gasteiger partial charge in [-0.15, -0.1) is 10.2 Å². The fourth-order valence-electron chi connectivity index (χ4n) is 2.72. The summed E-state index contributed by atoms with van der Waals surface area (Å²) in [6.45, 7) is 4.26. The Hall–Kier alpha value is -2.04. The molecule has 0 spiro atoms. The van der Waals surface area contributed by atoms with Crippen molar-refractivity contribution in [2.75, 3.05) is 31.0 Å². The number of hydrogen-bond donors (Lipinski definition) is 1. The third-order valence-corrected chi connectivity index (χ3v) is 6.45. The maximum atomic E-state index is 12.5. The number of anilines is 1. The number of benzene rings is 1. The Morgan fingerprint density at radius 1 is 1.22 bits per heavy atom. The molecule has 1 saturated heterocycles. The molecule has 1 fully saturated rings. The number of ether oxygens (including phenoxy) is 1. The van der Waals surface area contributed by atoms with Crippen LogP contribution in [0.4, 0.5) is 5.13 Å². The predicted octanol–water partition coefficient (Wildman–Crippen LogP) is 1.69. The minimum Gasteiger partial charge on any atom is -0.378 e. The molecular weight excluding hydrogens is 388 g/mol. The summed E-state index contributed by atoms with van der Waals surface area (Å²) in [7, 11) is -3.73. The molecule has 1 aliphatic rings. The van der Waals surface area contributed by atoms with Crippen LogP contribution in [0.2, 0.25) is 0 Å². The second-order valence-electron chi connectivity index (χ2n) is 6.17. The minimum absolute atomic E-state index is 0.0598. The van der Waals surface area contributed by atoms with E-state index in [0.29, 0.717) is 31.3 Å². The number of nitrogens with zero attached hydrogens (tertiary/aromatic N) is 3. The molecule has 0 unspecified atom stereocenters. The molecule has 0 radical (unpaired) electrons. The molecule has 1 amide bonds. The van der Waals surface area contributed by atoms with Crippen LogP contribution in [0.15, 0.2) is 29.2 Å². The van der Waals surface area contributed by atoms with Gasteiger partial charge in [0.25, 0.3) is 10.0 Å². The molecular formula is C17H22N4O4S2. The molecule has 27 heavy (non-hydrogen) atoms. The molecule has 8 nitrogen and oxygen atoms in total. The molecule has 1 aliphatic heterocycles. The number of nitrogens with one attached hydrogen (secondary N) is 1. The Morgan fingerprint density at radius 3 is 2.59 bits per heavy atom. The van der Waals surface area contributed by atoms with E-state index >= 15 is 0 Å². The lowest BCUT2D eigenvalue weighted by Crippen LogP contribution is -2.41. The largest absolute Gasteiger partial charge is 0.378 e. The van der Waals surface area contributed by atoms with Crippen LogP contribution in [-0.4, -0.2) is 55.7 Å². The first kappa shape index (κ1) is 19.7. The molecule has 2 aromatic rings. The maximum Gasteiger partial charge on any atom is 0.263 e. The van der Waals surface area contributed by atoms with E-state index in [4.69, 9.17) is 4.74 Å². The van der Waals surface area contributed by atoms with Crippen molar-refractivity contribution in [1.29, 1.82) is 0 Å². The first-order valence-electron chi connectivity index (χ1n) is 8.77. The average Bonchev–Trinajstić information content (AvgIpc) is 3.09. The van der Waals surface area contributed by atoms with Crippen LogP contribution in [0.3, 0.4) is 0 Å². The lowest BCUT2D eigenvalue weighted by atomic mass is 10.1. The van der Waals surface area contributed by atoms with E-state index in [1.165, 1.54) is 0 Å². The highest BCUT2D eigenvalue weighted by Crippen LogP contribution is 2.21. The van der Waals surface area contributed by atoms with Gasteiger partial charge < -0.3 is 9.64 Å². The SMILES string of the molecule is CCCc1ccc(S(=O)(=O)Nc2nnc(CC(=O)N3CCOCC3)s2)cc1. The van der Waals surface area contributed by atoms with Crippen molar-refractivity contribution >= 4 is 32.4 Å². The summed E-state index contributed by atoms with van der Waals surface area (Å²) >= 11 is 1.07. The van der Waals surface area contributed by atoms with Gasteiger partial charge in [0.05, 0.1) is 24.5 Å². The molecule has 10 heteroatoms.